The Balaban J connectivity index is 1.37. The number of carbonyl (C=O) groups is 1. The zero-order valence-electron chi connectivity index (χ0n) is 23.2. The highest BCUT2D eigenvalue weighted by Gasteiger charge is 2.35. The van der Waals surface area contributed by atoms with Crippen LogP contribution in [0.4, 0.5) is 20.5 Å². The molecule has 10 nitrogen and oxygen atoms in total. The van der Waals surface area contributed by atoms with Crippen molar-refractivity contribution in [1.82, 2.24) is 19.8 Å². The maximum Gasteiger partial charge on any atom is 0.317 e. The number of likely N-dealkylation sites (tertiary alicyclic amines) is 2. The fraction of sp³-hybridized carbons (Fsp3) is 0.679. The van der Waals surface area contributed by atoms with Gasteiger partial charge in [0.15, 0.2) is 11.5 Å². The van der Waals surface area contributed by atoms with Crippen molar-refractivity contribution in [3.8, 4) is 11.5 Å². The number of benzene rings is 1. The molecule has 5 rings (SSSR count). The second-order valence-electron chi connectivity index (χ2n) is 11.1. The Morgan fingerprint density at radius 2 is 1.77 bits per heavy atom. The zero-order valence-corrected chi connectivity index (χ0v) is 23.2. The number of aromatic nitrogens is 2. The third-order valence-corrected chi connectivity index (χ3v) is 8.11. The van der Waals surface area contributed by atoms with E-state index < -0.39 is 11.9 Å². The summed E-state index contributed by atoms with van der Waals surface area (Å²) in [5.41, 5.74) is 0.656. The van der Waals surface area contributed by atoms with Gasteiger partial charge in [0.05, 0.1) is 25.8 Å². The van der Waals surface area contributed by atoms with E-state index in [0.29, 0.717) is 48.5 Å². The first-order valence-electron chi connectivity index (χ1n) is 14.4. The summed E-state index contributed by atoms with van der Waals surface area (Å²) in [6.45, 7) is 5.58. The van der Waals surface area contributed by atoms with Gasteiger partial charge in [0.1, 0.15) is 5.82 Å². The molecule has 0 unspecified atom stereocenters. The number of fused-ring (bicyclic) bond motifs is 1. The number of nitrogens with zero attached hydrogens (tertiary/aromatic N) is 5. The lowest BCUT2D eigenvalue weighted by Gasteiger charge is -2.33. The Kier molecular flexibility index (Phi) is 9.04. The van der Waals surface area contributed by atoms with E-state index in [2.05, 4.69) is 10.2 Å². The third-order valence-electron chi connectivity index (χ3n) is 8.11. The van der Waals surface area contributed by atoms with Gasteiger partial charge in [0, 0.05) is 63.1 Å². The van der Waals surface area contributed by atoms with E-state index in [1.165, 1.54) is 12.8 Å². The first kappa shape index (κ1) is 28.5. The molecule has 2 N–H and O–H groups in total. The van der Waals surface area contributed by atoms with E-state index in [9.17, 15) is 13.6 Å². The summed E-state index contributed by atoms with van der Waals surface area (Å²) in [5.74, 6) is -1.28. The number of nitrogens with one attached hydrogen (secondary N) is 1. The van der Waals surface area contributed by atoms with Gasteiger partial charge in [-0.1, -0.05) is 0 Å². The van der Waals surface area contributed by atoms with Crippen LogP contribution >= 0.6 is 0 Å². The lowest BCUT2D eigenvalue weighted by molar-refractivity contribution is -0.138. The average molecular weight is 563 g/mol. The van der Waals surface area contributed by atoms with Gasteiger partial charge in [-0.05, 0) is 51.3 Å². The highest BCUT2D eigenvalue weighted by Crippen LogP contribution is 2.37. The normalized spacial score (nSPS) is 20.6. The summed E-state index contributed by atoms with van der Waals surface area (Å²) in [4.78, 5) is 26.9. The molecule has 3 aliphatic heterocycles. The number of piperidine rings is 2. The number of ether oxygens (including phenoxy) is 2. The van der Waals surface area contributed by atoms with Crippen LogP contribution in [0.5, 0.6) is 11.5 Å². The van der Waals surface area contributed by atoms with Gasteiger partial charge in [0.2, 0.25) is 5.95 Å². The lowest BCUT2D eigenvalue weighted by atomic mass is 10.0. The Hall–Kier alpha value is -2.99. The molecule has 0 saturated carbocycles. The van der Waals surface area contributed by atoms with Crippen LogP contribution in [0.2, 0.25) is 0 Å². The van der Waals surface area contributed by atoms with E-state index in [1.807, 2.05) is 21.9 Å². The molecule has 40 heavy (non-hydrogen) atoms. The number of hydrogen-bond acceptors (Lipinski definition) is 9. The second-order valence-corrected chi connectivity index (χ2v) is 11.1. The molecule has 1 aromatic heterocycles. The Morgan fingerprint density at radius 1 is 1.05 bits per heavy atom. The number of rotatable bonds is 11. The van der Waals surface area contributed by atoms with Crippen molar-refractivity contribution >= 4 is 28.6 Å². The van der Waals surface area contributed by atoms with Crippen molar-refractivity contribution in [3.63, 3.8) is 0 Å². The van der Waals surface area contributed by atoms with Crippen molar-refractivity contribution in [2.24, 2.45) is 0 Å². The maximum atomic E-state index is 13.9. The molecule has 0 amide bonds. The summed E-state index contributed by atoms with van der Waals surface area (Å²) < 4.78 is 39.6. The van der Waals surface area contributed by atoms with Crippen molar-refractivity contribution in [2.45, 2.75) is 56.9 Å². The largest absolute Gasteiger partial charge is 0.493 e. The van der Waals surface area contributed by atoms with E-state index in [-0.39, 0.29) is 38.5 Å². The number of aliphatic carboxylic acids is 1. The highest BCUT2D eigenvalue weighted by atomic mass is 19.3. The van der Waals surface area contributed by atoms with Crippen LogP contribution in [0.15, 0.2) is 12.1 Å². The molecule has 4 heterocycles. The van der Waals surface area contributed by atoms with E-state index >= 15 is 0 Å². The Labute approximate surface area is 233 Å². The van der Waals surface area contributed by atoms with Crippen molar-refractivity contribution in [2.75, 3.05) is 76.3 Å². The Bertz CT molecular complexity index is 1160. The minimum atomic E-state index is -2.66. The molecule has 3 saturated heterocycles. The van der Waals surface area contributed by atoms with Crippen LogP contribution in [0.25, 0.3) is 10.9 Å². The lowest BCUT2D eigenvalue weighted by Crippen LogP contribution is -2.42. The van der Waals surface area contributed by atoms with Gasteiger partial charge in [-0.2, -0.15) is 4.98 Å². The molecular formula is C28H40F2N6O4. The minimum Gasteiger partial charge on any atom is -0.493 e. The smallest absolute Gasteiger partial charge is 0.317 e. The van der Waals surface area contributed by atoms with Gasteiger partial charge < -0.3 is 29.7 Å². The van der Waals surface area contributed by atoms with Crippen molar-refractivity contribution in [1.29, 1.82) is 0 Å². The van der Waals surface area contributed by atoms with Gasteiger partial charge in [0.25, 0.3) is 5.92 Å². The van der Waals surface area contributed by atoms with E-state index in [1.54, 1.807) is 7.11 Å². The molecular weight excluding hydrogens is 522 g/mol. The minimum absolute atomic E-state index is 0.0326. The monoisotopic (exact) mass is 562 g/mol. The molecule has 0 aliphatic carbocycles. The van der Waals surface area contributed by atoms with Gasteiger partial charge in [-0.15, -0.1) is 0 Å². The molecule has 3 aliphatic rings. The number of hydrogen-bond donors (Lipinski definition) is 2. The first-order chi connectivity index (χ1) is 19.3. The Morgan fingerprint density at radius 3 is 2.45 bits per heavy atom. The fourth-order valence-corrected chi connectivity index (χ4v) is 5.78. The predicted molar refractivity (Wildman–Crippen MR) is 149 cm³/mol. The topological polar surface area (TPSA) is 103 Å². The van der Waals surface area contributed by atoms with E-state index in [4.69, 9.17) is 24.5 Å². The fourth-order valence-electron chi connectivity index (χ4n) is 5.78. The van der Waals surface area contributed by atoms with Crippen LogP contribution in [-0.4, -0.2) is 109 Å². The summed E-state index contributed by atoms with van der Waals surface area (Å²) in [7, 11) is 1.60. The summed E-state index contributed by atoms with van der Waals surface area (Å²) in [5, 5.41) is 13.4. The molecule has 0 radical (unpaired) electrons. The predicted octanol–water partition coefficient (Wildman–Crippen LogP) is 3.70. The first-order valence-corrected chi connectivity index (χ1v) is 14.4. The summed E-state index contributed by atoms with van der Waals surface area (Å²) in [6, 6.07) is 3.82. The number of alkyl halides is 2. The van der Waals surface area contributed by atoms with Crippen LogP contribution in [-0.2, 0) is 4.79 Å². The molecule has 0 atom stereocenters. The second kappa shape index (κ2) is 12.7. The standard InChI is InChI=1S/C28H40F2N6O4/c1-39-23-17-21-22(18-24(23)40-16-4-11-34-9-2-3-10-34)32-27(36-14-7-28(29,30)8-15-36)33-26(21)31-20-5-12-35(13-6-20)19-25(37)38/h17-18,20H,2-16,19H2,1H3,(H,37,38)(H,31,32,33). The van der Waals surface area contributed by atoms with Gasteiger partial charge in [-0.25, -0.2) is 13.8 Å². The van der Waals surface area contributed by atoms with Gasteiger partial charge >= 0.3 is 5.97 Å². The number of anilines is 2. The molecule has 0 bridgehead atoms. The quantitative estimate of drug-likeness (QED) is 0.394. The highest BCUT2D eigenvalue weighted by molar-refractivity contribution is 5.93. The number of carboxylic acid groups (broad SMARTS) is 1. The van der Waals surface area contributed by atoms with Crippen LogP contribution in [0.3, 0.4) is 0 Å². The summed E-state index contributed by atoms with van der Waals surface area (Å²) in [6.07, 6.45) is 4.49. The number of halogens is 2. The SMILES string of the molecule is COc1cc2c(NC3CCN(CC(=O)O)CC3)nc(N3CCC(F)(F)CC3)nc2cc1OCCCN1CCCC1. The zero-order chi connectivity index (χ0) is 28.1. The van der Waals surface area contributed by atoms with Crippen LogP contribution in [0, 0.1) is 0 Å². The molecule has 12 heteroatoms. The molecule has 1 aromatic carbocycles. The van der Waals surface area contributed by atoms with E-state index in [0.717, 1.165) is 44.3 Å². The summed E-state index contributed by atoms with van der Waals surface area (Å²) >= 11 is 0. The number of carboxylic acids is 1. The average Bonchev–Trinajstić information content (AvgIpc) is 3.45. The van der Waals surface area contributed by atoms with Crippen molar-refractivity contribution in [3.05, 3.63) is 12.1 Å². The third kappa shape index (κ3) is 7.20. The molecule has 3 fully saturated rings. The van der Waals surface area contributed by atoms with Gasteiger partial charge in [-0.3, -0.25) is 9.69 Å². The van der Waals surface area contributed by atoms with Crippen molar-refractivity contribution < 1.29 is 28.2 Å². The number of methoxy groups -OCH3 is 1. The molecule has 2 aromatic rings. The molecule has 220 valence electrons. The van der Waals surface area contributed by atoms with Crippen LogP contribution < -0.4 is 19.7 Å². The molecule has 0 spiro atoms. The maximum absolute atomic E-state index is 13.9. The van der Waals surface area contributed by atoms with Crippen LogP contribution in [0.1, 0.15) is 44.9 Å².